The maximum atomic E-state index is 13.0. The minimum Gasteiger partial charge on any atom is -0.308 e. The third-order valence-corrected chi connectivity index (χ3v) is 7.28. The molecule has 0 aromatic carbocycles. The smallest absolute Gasteiger partial charge is 0.244 e. The average molecular weight is 404 g/mol. The highest BCUT2D eigenvalue weighted by molar-refractivity contribution is 7.89. The van der Waals surface area contributed by atoms with Crippen LogP contribution in [0, 0.1) is 0 Å². The summed E-state index contributed by atoms with van der Waals surface area (Å²) in [5.41, 5.74) is 0.815. The molecule has 2 aliphatic heterocycles. The zero-order valence-corrected chi connectivity index (χ0v) is 16.6. The van der Waals surface area contributed by atoms with Gasteiger partial charge >= 0.3 is 0 Å². The highest BCUT2D eigenvalue weighted by Crippen LogP contribution is 2.25. The normalized spacial score (nSPS) is 22.5. The molecule has 10 heteroatoms. The van der Waals surface area contributed by atoms with Crippen molar-refractivity contribution in [1.82, 2.24) is 24.0 Å². The lowest BCUT2D eigenvalue weighted by Crippen LogP contribution is -2.58. The van der Waals surface area contributed by atoms with Gasteiger partial charge in [0, 0.05) is 58.4 Å². The molecule has 28 heavy (non-hydrogen) atoms. The third kappa shape index (κ3) is 3.54. The molecule has 4 rings (SSSR count). The van der Waals surface area contributed by atoms with Gasteiger partial charge in [-0.25, -0.2) is 8.42 Å². The van der Waals surface area contributed by atoms with Crippen molar-refractivity contribution in [3.05, 3.63) is 36.9 Å². The molecule has 0 aliphatic carbocycles. The summed E-state index contributed by atoms with van der Waals surface area (Å²) < 4.78 is 28.7. The number of piperidine rings is 1. The largest absolute Gasteiger partial charge is 0.308 e. The lowest BCUT2D eigenvalue weighted by molar-refractivity contribution is -0.125. The van der Waals surface area contributed by atoms with Crippen LogP contribution in [0.4, 0.5) is 5.69 Å². The van der Waals surface area contributed by atoms with E-state index in [-0.39, 0.29) is 16.8 Å². The van der Waals surface area contributed by atoms with Crippen LogP contribution in [0.15, 0.2) is 41.8 Å². The molecule has 2 aromatic heterocycles. The number of aryl methyl sites for hydroxylation is 1. The Hall–Kier alpha value is -2.30. The van der Waals surface area contributed by atoms with Crippen LogP contribution in [0.25, 0.3) is 0 Å². The van der Waals surface area contributed by atoms with E-state index in [9.17, 15) is 13.2 Å². The number of rotatable bonds is 4. The number of pyridine rings is 1. The second-order valence-electron chi connectivity index (χ2n) is 7.15. The van der Waals surface area contributed by atoms with Gasteiger partial charge in [-0.2, -0.15) is 9.40 Å². The zero-order valence-electron chi connectivity index (χ0n) is 15.8. The molecule has 0 bridgehead atoms. The van der Waals surface area contributed by atoms with Crippen molar-refractivity contribution in [2.75, 3.05) is 37.6 Å². The molecule has 0 saturated carbocycles. The summed E-state index contributed by atoms with van der Waals surface area (Å²) in [6.45, 7) is 2.51. The highest BCUT2D eigenvalue weighted by atomic mass is 32.2. The van der Waals surface area contributed by atoms with Crippen molar-refractivity contribution in [3.63, 3.8) is 0 Å². The molecule has 4 heterocycles. The number of carbonyl (C=O) groups excluding carboxylic acids is 1. The van der Waals surface area contributed by atoms with E-state index in [1.54, 1.807) is 34.1 Å². The van der Waals surface area contributed by atoms with Crippen LogP contribution in [-0.4, -0.2) is 77.1 Å². The fourth-order valence-corrected chi connectivity index (χ4v) is 5.29. The van der Waals surface area contributed by atoms with Crippen LogP contribution in [0.1, 0.15) is 12.8 Å². The molecular weight excluding hydrogens is 380 g/mol. The molecule has 0 N–H and O–H groups in total. The first-order chi connectivity index (χ1) is 13.5. The summed E-state index contributed by atoms with van der Waals surface area (Å²) in [4.78, 5) is 21.1. The van der Waals surface area contributed by atoms with E-state index < -0.39 is 10.0 Å². The number of hydrogen-bond donors (Lipinski definition) is 0. The first-order valence-electron chi connectivity index (χ1n) is 9.41. The Morgan fingerprint density at radius 2 is 1.89 bits per heavy atom. The summed E-state index contributed by atoms with van der Waals surface area (Å²) in [6.07, 6.45) is 8.19. The van der Waals surface area contributed by atoms with E-state index >= 15 is 0 Å². The predicted octanol–water partition coefficient (Wildman–Crippen LogP) is 0.317. The van der Waals surface area contributed by atoms with E-state index in [0.29, 0.717) is 32.7 Å². The van der Waals surface area contributed by atoms with Gasteiger partial charge in [-0.05, 0) is 25.0 Å². The fourth-order valence-electron chi connectivity index (χ4n) is 3.90. The van der Waals surface area contributed by atoms with Crippen LogP contribution in [0.2, 0.25) is 0 Å². The summed E-state index contributed by atoms with van der Waals surface area (Å²) >= 11 is 0. The van der Waals surface area contributed by atoms with Crippen LogP contribution < -0.4 is 4.90 Å². The number of carbonyl (C=O) groups is 1. The SMILES string of the molecule is Cn1cc(N2CCCC(N3CCN(S(=O)(=O)c4cccnc4)CC3)C2=O)cn1. The summed E-state index contributed by atoms with van der Waals surface area (Å²) in [7, 11) is -1.71. The Balaban J connectivity index is 1.43. The molecule has 150 valence electrons. The van der Waals surface area contributed by atoms with Crippen molar-refractivity contribution in [3.8, 4) is 0 Å². The predicted molar refractivity (Wildman–Crippen MR) is 103 cm³/mol. The van der Waals surface area contributed by atoms with Crippen LogP contribution in [-0.2, 0) is 21.9 Å². The Kier molecular flexibility index (Phi) is 5.17. The minimum absolute atomic E-state index is 0.0721. The van der Waals surface area contributed by atoms with Crippen LogP contribution in [0.5, 0.6) is 0 Å². The molecule has 1 amide bonds. The molecule has 2 aliphatic rings. The first kappa shape index (κ1) is 19.0. The summed E-state index contributed by atoms with van der Waals surface area (Å²) in [5.74, 6) is 0.0721. The molecule has 2 fully saturated rings. The van der Waals surface area contributed by atoms with E-state index in [2.05, 4.69) is 15.0 Å². The van der Waals surface area contributed by atoms with E-state index in [0.717, 1.165) is 18.5 Å². The van der Waals surface area contributed by atoms with E-state index in [4.69, 9.17) is 0 Å². The van der Waals surface area contributed by atoms with Gasteiger partial charge in [0.05, 0.1) is 17.9 Å². The number of nitrogens with zero attached hydrogens (tertiary/aromatic N) is 6. The second-order valence-corrected chi connectivity index (χ2v) is 9.09. The van der Waals surface area contributed by atoms with Gasteiger partial charge in [-0.3, -0.25) is 19.4 Å². The molecule has 1 unspecified atom stereocenters. The Labute approximate surface area is 164 Å². The Morgan fingerprint density at radius 1 is 1.11 bits per heavy atom. The number of sulfonamides is 1. The molecule has 2 saturated heterocycles. The van der Waals surface area contributed by atoms with Gasteiger partial charge in [-0.1, -0.05) is 0 Å². The van der Waals surface area contributed by atoms with Gasteiger partial charge < -0.3 is 4.90 Å². The van der Waals surface area contributed by atoms with E-state index in [1.165, 1.54) is 10.5 Å². The van der Waals surface area contributed by atoms with Gasteiger partial charge in [0.15, 0.2) is 0 Å². The van der Waals surface area contributed by atoms with Gasteiger partial charge in [0.1, 0.15) is 4.90 Å². The Bertz CT molecular complexity index is 937. The number of aromatic nitrogens is 3. The van der Waals surface area contributed by atoms with Crippen LogP contribution in [0.3, 0.4) is 0 Å². The van der Waals surface area contributed by atoms with Crippen molar-refractivity contribution >= 4 is 21.6 Å². The topological polar surface area (TPSA) is 91.6 Å². The molecule has 2 aromatic rings. The molecule has 0 spiro atoms. The Morgan fingerprint density at radius 3 is 2.54 bits per heavy atom. The maximum absolute atomic E-state index is 13.0. The van der Waals surface area contributed by atoms with Crippen molar-refractivity contribution < 1.29 is 13.2 Å². The van der Waals surface area contributed by atoms with Gasteiger partial charge in [0.2, 0.25) is 15.9 Å². The molecular formula is C18H24N6O3S. The third-order valence-electron chi connectivity index (χ3n) is 5.40. The van der Waals surface area contributed by atoms with Gasteiger partial charge in [-0.15, -0.1) is 0 Å². The zero-order chi connectivity index (χ0) is 19.7. The van der Waals surface area contributed by atoms with Crippen LogP contribution >= 0.6 is 0 Å². The first-order valence-corrected chi connectivity index (χ1v) is 10.8. The van der Waals surface area contributed by atoms with Crippen molar-refractivity contribution in [1.29, 1.82) is 0 Å². The summed E-state index contributed by atoms with van der Waals surface area (Å²) in [6, 6.07) is 2.97. The number of hydrogen-bond acceptors (Lipinski definition) is 6. The van der Waals surface area contributed by atoms with Gasteiger partial charge in [0.25, 0.3) is 0 Å². The molecule has 0 radical (unpaired) electrons. The average Bonchev–Trinajstić information content (AvgIpc) is 3.15. The maximum Gasteiger partial charge on any atom is 0.244 e. The second kappa shape index (κ2) is 7.61. The minimum atomic E-state index is -3.54. The fraction of sp³-hybridized carbons (Fsp3) is 0.500. The molecule has 9 nitrogen and oxygen atoms in total. The lowest BCUT2D eigenvalue weighted by atomic mass is 10.0. The molecule has 1 atom stereocenters. The number of anilines is 1. The van der Waals surface area contributed by atoms with Crippen molar-refractivity contribution in [2.45, 2.75) is 23.8 Å². The van der Waals surface area contributed by atoms with Crippen molar-refractivity contribution in [2.24, 2.45) is 7.05 Å². The monoisotopic (exact) mass is 404 g/mol. The number of piperazine rings is 1. The quantitative estimate of drug-likeness (QED) is 0.729. The van der Waals surface area contributed by atoms with E-state index in [1.807, 2.05) is 13.2 Å². The lowest BCUT2D eigenvalue weighted by Gasteiger charge is -2.41. The summed E-state index contributed by atoms with van der Waals surface area (Å²) in [5, 5.41) is 4.16. The standard InChI is InChI=1S/C18H24N6O3S/c1-21-14-15(12-20-21)24-7-3-5-17(18(24)25)22-8-10-23(11-9-22)28(26,27)16-4-2-6-19-13-16/h2,4,6,12-14,17H,3,5,7-11H2,1H3. The highest BCUT2D eigenvalue weighted by Gasteiger charge is 2.37. The number of amides is 1.